The number of amides is 1. The van der Waals surface area contributed by atoms with E-state index in [0.717, 1.165) is 17.0 Å². The Morgan fingerprint density at radius 1 is 1.65 bits per heavy atom. The number of ether oxygens (including phenoxy) is 1. The summed E-state index contributed by atoms with van der Waals surface area (Å²) < 4.78 is 5.38. The molecule has 20 heavy (non-hydrogen) atoms. The van der Waals surface area contributed by atoms with Crippen molar-refractivity contribution < 1.29 is 14.3 Å². The zero-order valence-corrected chi connectivity index (χ0v) is 13.1. The Hall–Kier alpha value is -1.08. The molecule has 0 spiro atoms. The van der Waals surface area contributed by atoms with Crippen molar-refractivity contribution >= 4 is 35.0 Å². The minimum atomic E-state index is -0.437. The van der Waals surface area contributed by atoms with Crippen LogP contribution in [-0.2, 0) is 20.9 Å². The van der Waals surface area contributed by atoms with Crippen LogP contribution < -0.4 is 0 Å². The van der Waals surface area contributed by atoms with Crippen molar-refractivity contribution in [1.82, 2.24) is 9.88 Å². The van der Waals surface area contributed by atoms with E-state index in [1.807, 2.05) is 13.8 Å². The van der Waals surface area contributed by atoms with Gasteiger partial charge in [-0.25, -0.2) is 9.78 Å². The summed E-state index contributed by atoms with van der Waals surface area (Å²) in [6.45, 7) is 4.17. The standard InChI is InChI=1S/C13H16N2O3S2/c1-8-10(19-7-14-8)5-18-12(17)9-6-20-13(2)4-3-11(16)15(9)13/h7,9H,3-6H2,1-2H3/t9-,13+/m0/s1. The lowest BCUT2D eigenvalue weighted by Crippen LogP contribution is -2.46. The van der Waals surface area contributed by atoms with Crippen LogP contribution in [-0.4, -0.2) is 38.4 Å². The van der Waals surface area contributed by atoms with Gasteiger partial charge < -0.3 is 9.64 Å². The highest BCUT2D eigenvalue weighted by atomic mass is 32.2. The molecule has 3 heterocycles. The van der Waals surface area contributed by atoms with Gasteiger partial charge in [0.2, 0.25) is 5.91 Å². The highest BCUT2D eigenvalue weighted by Gasteiger charge is 2.53. The number of fused-ring (bicyclic) bond motifs is 1. The molecule has 7 heteroatoms. The molecule has 2 fully saturated rings. The van der Waals surface area contributed by atoms with Gasteiger partial charge in [-0.1, -0.05) is 0 Å². The van der Waals surface area contributed by atoms with Gasteiger partial charge in [0.15, 0.2) is 0 Å². The van der Waals surface area contributed by atoms with Crippen LogP contribution in [0.1, 0.15) is 30.3 Å². The molecule has 2 aliphatic heterocycles. The summed E-state index contributed by atoms with van der Waals surface area (Å²) in [5, 5.41) is 0. The normalized spacial score (nSPS) is 28.8. The fraction of sp³-hybridized carbons (Fsp3) is 0.615. The van der Waals surface area contributed by atoms with Crippen molar-refractivity contribution in [1.29, 1.82) is 0 Å². The topological polar surface area (TPSA) is 59.5 Å². The fourth-order valence-corrected chi connectivity index (χ4v) is 4.80. The minimum absolute atomic E-state index is 0.0634. The van der Waals surface area contributed by atoms with Gasteiger partial charge >= 0.3 is 5.97 Å². The van der Waals surface area contributed by atoms with Gasteiger partial charge in [-0.2, -0.15) is 0 Å². The van der Waals surface area contributed by atoms with Gasteiger partial charge in [-0.05, 0) is 20.3 Å². The number of nitrogens with zero attached hydrogens (tertiary/aromatic N) is 2. The first-order chi connectivity index (χ1) is 9.51. The molecule has 1 amide bonds. The van der Waals surface area contributed by atoms with Gasteiger partial charge in [0.1, 0.15) is 12.6 Å². The molecule has 1 aromatic heterocycles. The molecule has 3 rings (SSSR count). The first kappa shape index (κ1) is 13.9. The van der Waals surface area contributed by atoms with E-state index in [-0.39, 0.29) is 23.4 Å². The number of aromatic nitrogens is 1. The number of aryl methyl sites for hydroxylation is 1. The molecular weight excluding hydrogens is 296 g/mol. The number of carbonyl (C=O) groups excluding carboxylic acids is 2. The van der Waals surface area contributed by atoms with Crippen LogP contribution in [0.5, 0.6) is 0 Å². The zero-order valence-electron chi connectivity index (χ0n) is 11.4. The SMILES string of the molecule is Cc1ncsc1COC(=O)[C@@H]1CS[C@]2(C)CCC(=O)N12. The van der Waals surface area contributed by atoms with Crippen molar-refractivity contribution in [3.63, 3.8) is 0 Å². The summed E-state index contributed by atoms with van der Waals surface area (Å²) in [7, 11) is 0. The molecule has 2 saturated heterocycles. The first-order valence-corrected chi connectivity index (χ1v) is 8.39. The Labute approximate surface area is 125 Å². The molecule has 108 valence electrons. The molecule has 0 saturated carbocycles. The number of thioether (sulfide) groups is 1. The predicted octanol–water partition coefficient (Wildman–Crippen LogP) is 1.95. The second-order valence-electron chi connectivity index (χ2n) is 5.23. The third kappa shape index (κ3) is 2.22. The Bertz CT molecular complexity index is 560. The Kier molecular flexibility index (Phi) is 3.50. The molecule has 2 atom stereocenters. The van der Waals surface area contributed by atoms with Gasteiger partial charge in [0.05, 0.1) is 21.0 Å². The van der Waals surface area contributed by atoms with Gasteiger partial charge in [0.25, 0.3) is 0 Å². The maximum absolute atomic E-state index is 12.2. The third-order valence-electron chi connectivity index (χ3n) is 3.91. The van der Waals surface area contributed by atoms with E-state index in [9.17, 15) is 9.59 Å². The molecular formula is C13H16N2O3S2. The number of esters is 1. The van der Waals surface area contributed by atoms with E-state index in [4.69, 9.17) is 4.74 Å². The van der Waals surface area contributed by atoms with Crippen molar-refractivity contribution in [2.75, 3.05) is 5.75 Å². The van der Waals surface area contributed by atoms with E-state index in [0.29, 0.717) is 12.2 Å². The van der Waals surface area contributed by atoms with Crippen molar-refractivity contribution in [3.05, 3.63) is 16.1 Å². The fourth-order valence-electron chi connectivity index (χ4n) is 2.69. The van der Waals surface area contributed by atoms with Crippen LogP contribution in [0.3, 0.4) is 0 Å². The lowest BCUT2D eigenvalue weighted by Gasteiger charge is -2.29. The zero-order chi connectivity index (χ0) is 14.3. The monoisotopic (exact) mass is 312 g/mol. The van der Waals surface area contributed by atoms with Crippen LogP contribution in [0.15, 0.2) is 5.51 Å². The first-order valence-electron chi connectivity index (χ1n) is 6.53. The molecule has 0 aromatic carbocycles. The molecule has 0 bridgehead atoms. The van der Waals surface area contributed by atoms with Gasteiger partial charge in [0, 0.05) is 12.2 Å². The van der Waals surface area contributed by atoms with Crippen molar-refractivity contribution in [2.24, 2.45) is 0 Å². The summed E-state index contributed by atoms with van der Waals surface area (Å²) in [5.74, 6) is 0.389. The van der Waals surface area contributed by atoms with Crippen LogP contribution in [0, 0.1) is 6.92 Å². The van der Waals surface area contributed by atoms with E-state index < -0.39 is 6.04 Å². The molecule has 0 unspecified atom stereocenters. The quantitative estimate of drug-likeness (QED) is 0.798. The van der Waals surface area contributed by atoms with Crippen LogP contribution in [0.2, 0.25) is 0 Å². The van der Waals surface area contributed by atoms with E-state index >= 15 is 0 Å². The lowest BCUT2D eigenvalue weighted by molar-refractivity contribution is -0.154. The average molecular weight is 312 g/mol. The van der Waals surface area contributed by atoms with E-state index in [1.165, 1.54) is 11.3 Å². The van der Waals surface area contributed by atoms with Gasteiger partial charge in [-0.15, -0.1) is 23.1 Å². The van der Waals surface area contributed by atoms with Gasteiger partial charge in [-0.3, -0.25) is 4.79 Å². The number of hydrogen-bond donors (Lipinski definition) is 0. The second-order valence-corrected chi connectivity index (χ2v) is 7.68. The summed E-state index contributed by atoms with van der Waals surface area (Å²) >= 11 is 3.16. The molecule has 0 radical (unpaired) electrons. The number of hydrogen-bond acceptors (Lipinski definition) is 6. The molecule has 2 aliphatic rings. The average Bonchev–Trinajstić information content (AvgIpc) is 3.04. The number of thiazole rings is 1. The summed E-state index contributed by atoms with van der Waals surface area (Å²) in [5.41, 5.74) is 2.64. The van der Waals surface area contributed by atoms with Crippen LogP contribution in [0.25, 0.3) is 0 Å². The minimum Gasteiger partial charge on any atom is -0.458 e. The molecule has 1 aromatic rings. The van der Waals surface area contributed by atoms with E-state index in [1.54, 1.807) is 22.2 Å². The maximum atomic E-state index is 12.2. The van der Waals surface area contributed by atoms with Crippen LogP contribution in [0.4, 0.5) is 0 Å². The summed E-state index contributed by atoms with van der Waals surface area (Å²) in [6.07, 6.45) is 1.34. The van der Waals surface area contributed by atoms with Crippen molar-refractivity contribution in [3.8, 4) is 0 Å². The second kappa shape index (κ2) is 5.04. The predicted molar refractivity (Wildman–Crippen MR) is 77.4 cm³/mol. The lowest BCUT2D eigenvalue weighted by atomic mass is 10.2. The number of carbonyl (C=O) groups is 2. The van der Waals surface area contributed by atoms with E-state index in [2.05, 4.69) is 4.98 Å². The largest absolute Gasteiger partial charge is 0.458 e. The maximum Gasteiger partial charge on any atom is 0.330 e. The highest BCUT2D eigenvalue weighted by molar-refractivity contribution is 8.01. The Morgan fingerprint density at radius 3 is 3.15 bits per heavy atom. The Balaban J connectivity index is 1.66. The molecule has 5 nitrogen and oxygen atoms in total. The Morgan fingerprint density at radius 2 is 2.45 bits per heavy atom. The smallest absolute Gasteiger partial charge is 0.330 e. The highest BCUT2D eigenvalue weighted by Crippen LogP contribution is 2.47. The number of rotatable bonds is 3. The summed E-state index contributed by atoms with van der Waals surface area (Å²) in [4.78, 5) is 30.8. The molecule has 0 aliphatic carbocycles. The summed E-state index contributed by atoms with van der Waals surface area (Å²) in [6, 6.07) is -0.437. The molecule has 0 N–H and O–H groups in total. The van der Waals surface area contributed by atoms with Crippen molar-refractivity contribution in [2.45, 2.75) is 44.2 Å². The third-order valence-corrected chi connectivity index (χ3v) is 6.32. The van der Waals surface area contributed by atoms with Crippen LogP contribution >= 0.6 is 23.1 Å².